The molecular formula is C22H23FN4O2. The molecule has 3 aromatic rings. The van der Waals surface area contributed by atoms with Crippen LogP contribution in [0.4, 0.5) is 15.8 Å². The predicted octanol–water partition coefficient (Wildman–Crippen LogP) is 4.44. The fourth-order valence-electron chi connectivity index (χ4n) is 3.64. The van der Waals surface area contributed by atoms with Gasteiger partial charge in [0.15, 0.2) is 11.6 Å². The molecule has 0 bridgehead atoms. The molecule has 1 aliphatic heterocycles. The minimum atomic E-state index is -0.380. The van der Waals surface area contributed by atoms with Gasteiger partial charge in [0.05, 0.1) is 26.5 Å². The predicted molar refractivity (Wildman–Crippen MR) is 112 cm³/mol. The molecule has 150 valence electrons. The molecule has 2 heterocycles. The number of aromatic nitrogens is 2. The van der Waals surface area contributed by atoms with E-state index in [1.807, 2.05) is 18.3 Å². The van der Waals surface area contributed by atoms with Crippen LogP contribution < -0.4 is 19.7 Å². The summed E-state index contributed by atoms with van der Waals surface area (Å²) in [6.45, 7) is 5.10. The SMILES string of the molecule is C=C1C(Nc2ccc(F)c(OC)c2)CCN1c1ccc(-c2cn[nH]c2)c(OC)c1. The molecule has 0 aliphatic carbocycles. The monoisotopic (exact) mass is 394 g/mol. The Kier molecular flexibility index (Phi) is 5.12. The Hall–Kier alpha value is -3.48. The third-order valence-corrected chi connectivity index (χ3v) is 5.19. The van der Waals surface area contributed by atoms with Gasteiger partial charge in [0.25, 0.3) is 0 Å². The zero-order valence-corrected chi connectivity index (χ0v) is 16.4. The van der Waals surface area contributed by atoms with E-state index in [1.165, 1.54) is 13.2 Å². The molecule has 1 fully saturated rings. The number of hydrogen-bond donors (Lipinski definition) is 2. The Balaban J connectivity index is 1.53. The number of aromatic amines is 1. The van der Waals surface area contributed by atoms with Crippen molar-refractivity contribution in [1.29, 1.82) is 0 Å². The van der Waals surface area contributed by atoms with Crippen LogP contribution in [0.2, 0.25) is 0 Å². The highest BCUT2D eigenvalue weighted by atomic mass is 19.1. The van der Waals surface area contributed by atoms with Gasteiger partial charge in [-0.2, -0.15) is 5.10 Å². The molecule has 1 aromatic heterocycles. The highest BCUT2D eigenvalue weighted by molar-refractivity contribution is 5.74. The van der Waals surface area contributed by atoms with Gasteiger partial charge in [-0.1, -0.05) is 6.58 Å². The third-order valence-electron chi connectivity index (χ3n) is 5.19. The average molecular weight is 394 g/mol. The molecule has 2 N–H and O–H groups in total. The second-order valence-electron chi connectivity index (χ2n) is 6.85. The topological polar surface area (TPSA) is 62.4 Å². The number of methoxy groups -OCH3 is 2. The number of halogens is 1. The highest BCUT2D eigenvalue weighted by Crippen LogP contribution is 2.37. The van der Waals surface area contributed by atoms with E-state index in [2.05, 4.69) is 33.1 Å². The van der Waals surface area contributed by atoms with Crippen LogP contribution in [0.15, 0.2) is 61.1 Å². The maximum Gasteiger partial charge on any atom is 0.165 e. The summed E-state index contributed by atoms with van der Waals surface area (Å²) < 4.78 is 24.3. The van der Waals surface area contributed by atoms with Crippen molar-refractivity contribution in [3.05, 3.63) is 66.9 Å². The van der Waals surface area contributed by atoms with Gasteiger partial charge in [0.2, 0.25) is 0 Å². The molecule has 6 nitrogen and oxygen atoms in total. The van der Waals surface area contributed by atoms with E-state index in [9.17, 15) is 4.39 Å². The Bertz CT molecular complexity index is 1020. The van der Waals surface area contributed by atoms with Crippen molar-refractivity contribution in [3.63, 3.8) is 0 Å². The second kappa shape index (κ2) is 7.87. The first kappa shape index (κ1) is 18.9. The van der Waals surface area contributed by atoms with E-state index in [-0.39, 0.29) is 17.6 Å². The van der Waals surface area contributed by atoms with Gasteiger partial charge in [-0.05, 0) is 30.7 Å². The summed E-state index contributed by atoms with van der Waals surface area (Å²) in [5.74, 6) is 0.612. The van der Waals surface area contributed by atoms with Crippen molar-refractivity contribution in [2.75, 3.05) is 31.0 Å². The van der Waals surface area contributed by atoms with Crippen LogP contribution in [-0.2, 0) is 0 Å². The van der Waals surface area contributed by atoms with Gasteiger partial charge >= 0.3 is 0 Å². The lowest BCUT2D eigenvalue weighted by molar-refractivity contribution is 0.387. The molecule has 0 saturated carbocycles. The Morgan fingerprint density at radius 3 is 2.72 bits per heavy atom. The summed E-state index contributed by atoms with van der Waals surface area (Å²) in [4.78, 5) is 2.17. The highest BCUT2D eigenvalue weighted by Gasteiger charge is 2.28. The molecule has 0 radical (unpaired) electrons. The third kappa shape index (κ3) is 3.63. The van der Waals surface area contributed by atoms with E-state index in [0.717, 1.165) is 46.9 Å². The van der Waals surface area contributed by atoms with E-state index in [1.54, 1.807) is 25.4 Å². The van der Waals surface area contributed by atoms with Gasteiger partial charge in [-0.3, -0.25) is 5.10 Å². The Morgan fingerprint density at radius 1 is 1.17 bits per heavy atom. The maximum atomic E-state index is 13.7. The summed E-state index contributed by atoms with van der Waals surface area (Å²) in [6, 6.07) is 10.9. The molecule has 0 spiro atoms. The molecule has 1 atom stereocenters. The number of benzene rings is 2. The number of H-pyrrole nitrogens is 1. The Labute approximate surface area is 169 Å². The first-order valence-electron chi connectivity index (χ1n) is 9.34. The number of nitrogens with one attached hydrogen (secondary N) is 2. The van der Waals surface area contributed by atoms with Gasteiger partial charge in [0, 0.05) is 53.1 Å². The second-order valence-corrected chi connectivity index (χ2v) is 6.85. The van der Waals surface area contributed by atoms with Crippen molar-refractivity contribution in [1.82, 2.24) is 10.2 Å². The van der Waals surface area contributed by atoms with Gasteiger partial charge in [-0.15, -0.1) is 0 Å². The number of anilines is 2. The molecule has 1 saturated heterocycles. The van der Waals surface area contributed by atoms with Crippen LogP contribution >= 0.6 is 0 Å². The first-order chi connectivity index (χ1) is 14.1. The maximum absolute atomic E-state index is 13.7. The summed E-state index contributed by atoms with van der Waals surface area (Å²) in [6.07, 6.45) is 4.48. The van der Waals surface area contributed by atoms with Crippen molar-refractivity contribution < 1.29 is 13.9 Å². The van der Waals surface area contributed by atoms with Gasteiger partial charge in [0.1, 0.15) is 5.75 Å². The Morgan fingerprint density at radius 2 is 2.00 bits per heavy atom. The van der Waals surface area contributed by atoms with E-state index in [0.29, 0.717) is 0 Å². The van der Waals surface area contributed by atoms with Crippen molar-refractivity contribution in [3.8, 4) is 22.6 Å². The molecule has 2 aromatic carbocycles. The van der Waals surface area contributed by atoms with E-state index >= 15 is 0 Å². The standard InChI is InChI=1S/C22H23FN4O2/c1-14-20(26-16-4-7-19(23)22(10-16)29-3)8-9-27(14)17-5-6-18(21(11-17)28-2)15-12-24-25-13-15/h4-7,10-13,20,26H,1,8-9H2,2-3H3,(H,24,25). The molecule has 29 heavy (non-hydrogen) atoms. The van der Waals surface area contributed by atoms with Crippen LogP contribution in [0.1, 0.15) is 6.42 Å². The fourth-order valence-corrected chi connectivity index (χ4v) is 3.64. The fraction of sp³-hybridized carbons (Fsp3) is 0.227. The molecule has 7 heteroatoms. The lowest BCUT2D eigenvalue weighted by Crippen LogP contribution is -2.23. The van der Waals surface area contributed by atoms with Crippen LogP contribution in [0.3, 0.4) is 0 Å². The quantitative estimate of drug-likeness (QED) is 0.647. The van der Waals surface area contributed by atoms with Crippen LogP contribution in [0.25, 0.3) is 11.1 Å². The largest absolute Gasteiger partial charge is 0.496 e. The normalized spacial score (nSPS) is 16.2. The lowest BCUT2D eigenvalue weighted by atomic mass is 10.1. The molecule has 1 unspecified atom stereocenters. The molecule has 0 amide bonds. The number of ether oxygens (including phenoxy) is 2. The van der Waals surface area contributed by atoms with Crippen LogP contribution in [0, 0.1) is 5.82 Å². The van der Waals surface area contributed by atoms with Crippen LogP contribution in [0.5, 0.6) is 11.5 Å². The first-order valence-corrected chi connectivity index (χ1v) is 9.34. The number of rotatable bonds is 6. The van der Waals surface area contributed by atoms with E-state index in [4.69, 9.17) is 9.47 Å². The minimum Gasteiger partial charge on any atom is -0.496 e. The molecule has 4 rings (SSSR count). The number of nitrogens with zero attached hydrogens (tertiary/aromatic N) is 2. The van der Waals surface area contributed by atoms with Crippen molar-refractivity contribution >= 4 is 11.4 Å². The zero-order valence-electron chi connectivity index (χ0n) is 16.4. The van der Waals surface area contributed by atoms with Gasteiger partial charge in [-0.25, -0.2) is 4.39 Å². The summed E-state index contributed by atoms with van der Waals surface area (Å²) >= 11 is 0. The van der Waals surface area contributed by atoms with Crippen molar-refractivity contribution in [2.45, 2.75) is 12.5 Å². The number of hydrogen-bond acceptors (Lipinski definition) is 5. The smallest absolute Gasteiger partial charge is 0.165 e. The molecular weight excluding hydrogens is 371 g/mol. The summed E-state index contributed by atoms with van der Waals surface area (Å²) in [5.41, 5.74) is 4.71. The van der Waals surface area contributed by atoms with Gasteiger partial charge < -0.3 is 19.7 Å². The van der Waals surface area contributed by atoms with Crippen LogP contribution in [-0.4, -0.2) is 37.0 Å². The summed E-state index contributed by atoms with van der Waals surface area (Å²) in [5, 5.41) is 10.3. The van der Waals surface area contributed by atoms with Crippen molar-refractivity contribution in [2.24, 2.45) is 0 Å². The summed E-state index contributed by atoms with van der Waals surface area (Å²) in [7, 11) is 3.12. The minimum absolute atomic E-state index is 0.0460. The zero-order chi connectivity index (χ0) is 20.4. The average Bonchev–Trinajstić information content (AvgIpc) is 3.39. The molecule has 1 aliphatic rings. The lowest BCUT2D eigenvalue weighted by Gasteiger charge is -2.23. The van der Waals surface area contributed by atoms with E-state index < -0.39 is 0 Å².